The molecule has 0 atom stereocenters. The maximum atomic E-state index is 11.8. The first kappa shape index (κ1) is 15.1. The predicted octanol–water partition coefficient (Wildman–Crippen LogP) is 0.862. The third-order valence-electron chi connectivity index (χ3n) is 2.83. The van der Waals surface area contributed by atoms with E-state index in [4.69, 9.17) is 0 Å². The Labute approximate surface area is 124 Å². The fraction of sp³-hybridized carbons (Fsp3) is 0.429. The predicted molar refractivity (Wildman–Crippen MR) is 79.1 cm³/mol. The molecule has 0 aromatic carbocycles. The zero-order valence-corrected chi connectivity index (χ0v) is 12.7. The first-order chi connectivity index (χ1) is 9.97. The molecule has 0 bridgehead atoms. The van der Waals surface area contributed by atoms with Crippen molar-refractivity contribution in [2.24, 2.45) is 0 Å². The zero-order chi connectivity index (χ0) is 15.4. The van der Waals surface area contributed by atoms with Crippen molar-refractivity contribution in [2.45, 2.75) is 26.4 Å². The van der Waals surface area contributed by atoms with Crippen LogP contribution in [0, 0.1) is 0 Å². The third kappa shape index (κ3) is 3.85. The number of hydrogen-bond acceptors (Lipinski definition) is 5. The van der Waals surface area contributed by atoms with Crippen molar-refractivity contribution in [1.29, 1.82) is 0 Å². The van der Waals surface area contributed by atoms with Crippen molar-refractivity contribution in [3.63, 3.8) is 0 Å². The molecule has 2 heterocycles. The number of rotatable bonds is 5. The SMILES string of the molecule is CC(C)NCc1cnc(-n2ccc(C(=O)N(C)C)n2)nc1. The Hall–Kier alpha value is -2.28. The summed E-state index contributed by atoms with van der Waals surface area (Å²) in [5, 5.41) is 7.49. The van der Waals surface area contributed by atoms with Gasteiger partial charge < -0.3 is 10.2 Å². The number of nitrogens with one attached hydrogen (secondary N) is 1. The van der Waals surface area contributed by atoms with Crippen LogP contribution < -0.4 is 5.32 Å². The fourth-order valence-corrected chi connectivity index (χ4v) is 1.66. The molecule has 0 aliphatic carbocycles. The number of nitrogens with zero attached hydrogens (tertiary/aromatic N) is 5. The molecule has 2 aromatic rings. The summed E-state index contributed by atoms with van der Waals surface area (Å²) in [6.45, 7) is 4.89. The summed E-state index contributed by atoms with van der Waals surface area (Å²) in [5.41, 5.74) is 1.37. The Morgan fingerprint density at radius 1 is 1.33 bits per heavy atom. The van der Waals surface area contributed by atoms with Crippen molar-refractivity contribution < 1.29 is 4.79 Å². The molecule has 112 valence electrons. The highest BCUT2D eigenvalue weighted by atomic mass is 16.2. The summed E-state index contributed by atoms with van der Waals surface area (Å²) in [5.74, 6) is 0.299. The Bertz CT molecular complexity index is 602. The van der Waals surface area contributed by atoms with Gasteiger partial charge in [-0.15, -0.1) is 0 Å². The summed E-state index contributed by atoms with van der Waals surface area (Å²) in [6.07, 6.45) is 5.19. The molecule has 0 aliphatic heterocycles. The molecular weight excluding hydrogens is 268 g/mol. The minimum Gasteiger partial charge on any atom is -0.343 e. The average molecular weight is 288 g/mol. The monoisotopic (exact) mass is 288 g/mol. The van der Waals surface area contributed by atoms with Crippen LogP contribution in [0.3, 0.4) is 0 Å². The second-order valence-corrected chi connectivity index (χ2v) is 5.27. The Morgan fingerprint density at radius 3 is 2.57 bits per heavy atom. The van der Waals surface area contributed by atoms with Crippen molar-refractivity contribution in [3.05, 3.63) is 35.9 Å². The number of hydrogen-bond donors (Lipinski definition) is 1. The van der Waals surface area contributed by atoms with E-state index >= 15 is 0 Å². The van der Waals surface area contributed by atoms with Crippen LogP contribution in [0.15, 0.2) is 24.7 Å². The molecule has 0 radical (unpaired) electrons. The van der Waals surface area contributed by atoms with E-state index in [-0.39, 0.29) is 5.91 Å². The number of carbonyl (C=O) groups is 1. The van der Waals surface area contributed by atoms with E-state index in [0.29, 0.717) is 17.7 Å². The maximum absolute atomic E-state index is 11.8. The average Bonchev–Trinajstić information content (AvgIpc) is 2.94. The highest BCUT2D eigenvalue weighted by Crippen LogP contribution is 2.05. The standard InChI is InChI=1S/C14H20N6O/c1-10(2)15-7-11-8-16-14(17-9-11)20-6-5-12(18-20)13(21)19(3)4/h5-6,8-10,15H,7H2,1-4H3. The second-order valence-electron chi connectivity index (χ2n) is 5.27. The lowest BCUT2D eigenvalue weighted by molar-refractivity contribution is 0.0821. The largest absolute Gasteiger partial charge is 0.343 e. The molecule has 2 rings (SSSR count). The molecule has 7 heteroatoms. The van der Waals surface area contributed by atoms with Gasteiger partial charge in [0, 0.05) is 50.8 Å². The van der Waals surface area contributed by atoms with E-state index < -0.39 is 0 Å². The van der Waals surface area contributed by atoms with Gasteiger partial charge in [-0.1, -0.05) is 13.8 Å². The van der Waals surface area contributed by atoms with E-state index in [9.17, 15) is 4.79 Å². The first-order valence-electron chi connectivity index (χ1n) is 6.79. The van der Waals surface area contributed by atoms with Crippen molar-refractivity contribution >= 4 is 5.91 Å². The molecule has 21 heavy (non-hydrogen) atoms. The van der Waals surface area contributed by atoms with Gasteiger partial charge in [-0.25, -0.2) is 14.6 Å². The van der Waals surface area contributed by atoms with Crippen LogP contribution in [0.1, 0.15) is 29.9 Å². The highest BCUT2D eigenvalue weighted by molar-refractivity contribution is 5.91. The van der Waals surface area contributed by atoms with Gasteiger partial charge in [0.25, 0.3) is 5.91 Å². The Kier molecular flexibility index (Phi) is 4.64. The second kappa shape index (κ2) is 6.45. The van der Waals surface area contributed by atoms with E-state index in [2.05, 4.69) is 34.2 Å². The molecule has 1 N–H and O–H groups in total. The minimum atomic E-state index is -0.147. The maximum Gasteiger partial charge on any atom is 0.273 e. The van der Waals surface area contributed by atoms with Crippen LogP contribution >= 0.6 is 0 Å². The number of carbonyl (C=O) groups excluding carboxylic acids is 1. The summed E-state index contributed by atoms with van der Waals surface area (Å²) in [7, 11) is 3.38. The quantitative estimate of drug-likeness (QED) is 0.883. The van der Waals surface area contributed by atoms with E-state index in [1.165, 1.54) is 9.58 Å². The van der Waals surface area contributed by atoms with Gasteiger partial charge in [-0.05, 0) is 6.07 Å². The molecule has 0 aliphatic rings. The fourth-order valence-electron chi connectivity index (χ4n) is 1.66. The summed E-state index contributed by atoms with van der Waals surface area (Å²) in [6, 6.07) is 2.07. The van der Waals surface area contributed by atoms with Gasteiger partial charge in [-0.2, -0.15) is 5.10 Å². The number of aromatic nitrogens is 4. The van der Waals surface area contributed by atoms with Gasteiger partial charge in [0.15, 0.2) is 5.69 Å². The lowest BCUT2D eigenvalue weighted by atomic mass is 10.3. The highest BCUT2D eigenvalue weighted by Gasteiger charge is 2.12. The van der Waals surface area contributed by atoms with Gasteiger partial charge in [0.2, 0.25) is 5.95 Å². The van der Waals surface area contributed by atoms with Crippen LogP contribution in [0.25, 0.3) is 5.95 Å². The van der Waals surface area contributed by atoms with Gasteiger partial charge in [-0.3, -0.25) is 4.79 Å². The summed E-state index contributed by atoms with van der Waals surface area (Å²) in [4.78, 5) is 21.8. The normalized spacial score (nSPS) is 10.9. The van der Waals surface area contributed by atoms with Gasteiger partial charge >= 0.3 is 0 Å². The molecule has 0 unspecified atom stereocenters. The van der Waals surface area contributed by atoms with Gasteiger partial charge in [0.05, 0.1) is 0 Å². The smallest absolute Gasteiger partial charge is 0.273 e. The Morgan fingerprint density at radius 2 is 2.00 bits per heavy atom. The van der Waals surface area contributed by atoms with Crippen LogP contribution in [0.2, 0.25) is 0 Å². The van der Waals surface area contributed by atoms with Crippen molar-refractivity contribution in [2.75, 3.05) is 14.1 Å². The molecule has 0 spiro atoms. The summed E-state index contributed by atoms with van der Waals surface area (Å²) < 4.78 is 1.50. The lowest BCUT2D eigenvalue weighted by Gasteiger charge is -2.08. The molecule has 7 nitrogen and oxygen atoms in total. The molecule has 0 saturated heterocycles. The van der Waals surface area contributed by atoms with Gasteiger partial charge in [0.1, 0.15) is 0 Å². The molecule has 0 saturated carbocycles. The van der Waals surface area contributed by atoms with Crippen LogP contribution in [0.5, 0.6) is 0 Å². The number of amides is 1. The van der Waals surface area contributed by atoms with E-state index in [0.717, 1.165) is 12.1 Å². The van der Waals surface area contributed by atoms with Crippen LogP contribution in [0.4, 0.5) is 0 Å². The van der Waals surface area contributed by atoms with Crippen molar-refractivity contribution in [1.82, 2.24) is 30.0 Å². The summed E-state index contributed by atoms with van der Waals surface area (Å²) >= 11 is 0. The van der Waals surface area contributed by atoms with Crippen LogP contribution in [-0.4, -0.2) is 50.7 Å². The molecule has 0 fully saturated rings. The van der Waals surface area contributed by atoms with E-state index in [1.54, 1.807) is 38.8 Å². The lowest BCUT2D eigenvalue weighted by Crippen LogP contribution is -2.22. The Balaban J connectivity index is 2.10. The zero-order valence-electron chi connectivity index (χ0n) is 12.7. The van der Waals surface area contributed by atoms with E-state index in [1.807, 2.05) is 0 Å². The topological polar surface area (TPSA) is 75.9 Å². The first-order valence-corrected chi connectivity index (χ1v) is 6.79. The molecular formula is C14H20N6O. The van der Waals surface area contributed by atoms with Crippen LogP contribution in [-0.2, 0) is 6.54 Å². The third-order valence-corrected chi connectivity index (χ3v) is 2.83. The van der Waals surface area contributed by atoms with Crippen molar-refractivity contribution in [3.8, 4) is 5.95 Å². The molecule has 2 aromatic heterocycles. The minimum absolute atomic E-state index is 0.147. The molecule has 1 amide bonds.